The molecule has 2 heterocycles. The second kappa shape index (κ2) is 13.7. The van der Waals surface area contributed by atoms with Crippen LogP contribution in [0.1, 0.15) is 57.1 Å². The van der Waals surface area contributed by atoms with E-state index in [1.807, 2.05) is 36.5 Å². The Morgan fingerprint density at radius 3 is 2.80 bits per heavy atom. The van der Waals surface area contributed by atoms with E-state index in [-0.39, 0.29) is 23.3 Å². The molecule has 3 N–H and O–H groups in total. The first-order chi connectivity index (χ1) is 19.7. The first kappa shape index (κ1) is 30.8. The highest BCUT2D eigenvalue weighted by molar-refractivity contribution is 8.15. The standard InChI is InChI=1S/C29H36ClN5O5S/c1-6-39-27(36)29(2,3)41-28(31)33-34-32-15-14-23-22-10-8-16-35(22)21-13-12-18(30)17-20(21)25(40-23)19-9-7-11-24(37-4)26(19)38-5/h7-13,16,18,23,25H,6,14-15,17H2,1-5H3,(H2,31,32,33)/p+1/t18?,23?,25-/m1/s1. The molecule has 0 fully saturated rings. The van der Waals surface area contributed by atoms with Gasteiger partial charge >= 0.3 is 5.97 Å². The molecule has 0 bridgehead atoms. The fourth-order valence-electron chi connectivity index (χ4n) is 4.93. The van der Waals surface area contributed by atoms with E-state index in [9.17, 15) is 4.79 Å². The minimum atomic E-state index is -0.926. The number of halogens is 1. The van der Waals surface area contributed by atoms with Crippen molar-refractivity contribution in [2.75, 3.05) is 27.4 Å². The third kappa shape index (κ3) is 7.03. The van der Waals surface area contributed by atoms with Gasteiger partial charge in [-0.3, -0.25) is 10.2 Å². The van der Waals surface area contributed by atoms with Gasteiger partial charge in [0.25, 0.3) is 0 Å². The third-order valence-corrected chi connectivity index (χ3v) is 8.07. The van der Waals surface area contributed by atoms with Crippen LogP contribution in [0.3, 0.4) is 0 Å². The zero-order valence-corrected chi connectivity index (χ0v) is 25.5. The van der Waals surface area contributed by atoms with Crippen LogP contribution in [0, 0.1) is 5.41 Å². The zero-order valence-electron chi connectivity index (χ0n) is 23.9. The summed E-state index contributed by atoms with van der Waals surface area (Å²) in [6, 6.07) is 9.87. The van der Waals surface area contributed by atoms with Gasteiger partial charge in [0.05, 0.1) is 31.9 Å². The quantitative estimate of drug-likeness (QED) is 0.0546. The van der Waals surface area contributed by atoms with E-state index in [4.69, 9.17) is 36.0 Å². The van der Waals surface area contributed by atoms with Crippen molar-refractivity contribution >= 4 is 40.2 Å². The summed E-state index contributed by atoms with van der Waals surface area (Å²) in [6.07, 6.45) is 6.67. The fourth-order valence-corrected chi connectivity index (χ4v) is 5.89. The molecule has 1 aliphatic heterocycles. The molecule has 4 rings (SSSR count). The average Bonchev–Trinajstić information content (AvgIpc) is 3.39. The normalized spacial score (nSPS) is 20.4. The number of carbonyl (C=O) groups is 1. The van der Waals surface area contributed by atoms with E-state index in [1.54, 1.807) is 40.4 Å². The minimum Gasteiger partial charge on any atom is -0.493 e. The van der Waals surface area contributed by atoms with Crippen molar-refractivity contribution in [3.63, 3.8) is 0 Å². The van der Waals surface area contributed by atoms with Gasteiger partial charge in [-0.1, -0.05) is 35.1 Å². The van der Waals surface area contributed by atoms with Gasteiger partial charge in [-0.2, -0.15) is 0 Å². The molecule has 0 saturated carbocycles. The van der Waals surface area contributed by atoms with Crippen LogP contribution in [0.2, 0.25) is 0 Å². The minimum absolute atomic E-state index is 0.0663. The summed E-state index contributed by atoms with van der Waals surface area (Å²) in [7, 11) is 3.25. The number of ether oxygens (including phenoxy) is 4. The van der Waals surface area contributed by atoms with Crippen molar-refractivity contribution in [2.24, 2.45) is 10.3 Å². The Balaban J connectivity index is 1.53. The van der Waals surface area contributed by atoms with E-state index < -0.39 is 16.8 Å². The molecule has 1 aliphatic carbocycles. The molecule has 41 heavy (non-hydrogen) atoms. The molecule has 12 heteroatoms. The predicted octanol–water partition coefficient (Wildman–Crippen LogP) is 5.43. The Labute approximate surface area is 249 Å². The summed E-state index contributed by atoms with van der Waals surface area (Å²) in [5.74, 6) is 0.862. The van der Waals surface area contributed by atoms with Crippen LogP contribution in [0.25, 0.3) is 5.70 Å². The van der Waals surface area contributed by atoms with E-state index in [0.717, 1.165) is 34.3 Å². The predicted molar refractivity (Wildman–Crippen MR) is 159 cm³/mol. The highest BCUT2D eigenvalue weighted by Gasteiger charge is 2.36. The number of carbonyl (C=O) groups excluding carboxylic acids is 1. The molecule has 2 unspecified atom stereocenters. The second-order valence-corrected chi connectivity index (χ2v) is 12.2. The Kier molecular flexibility index (Phi) is 10.3. The van der Waals surface area contributed by atoms with Crippen molar-refractivity contribution in [3.8, 4) is 11.5 Å². The maximum atomic E-state index is 12.1. The molecular formula is C29H37ClN5O5S+. The van der Waals surface area contributed by atoms with Gasteiger partial charge in [0.15, 0.2) is 11.5 Å². The summed E-state index contributed by atoms with van der Waals surface area (Å²) in [6.45, 7) is 5.99. The van der Waals surface area contributed by atoms with Gasteiger partial charge in [-0.05, 0) is 57.0 Å². The lowest BCUT2D eigenvalue weighted by Crippen LogP contribution is -2.78. The first-order valence-electron chi connectivity index (χ1n) is 13.5. The average molecular weight is 603 g/mol. The Morgan fingerprint density at radius 1 is 1.27 bits per heavy atom. The molecule has 2 aliphatic rings. The number of nitrogens with zero attached hydrogens (tertiary/aromatic N) is 3. The smallest absolute Gasteiger partial charge is 0.322 e. The number of hydrogen-bond donors (Lipinski definition) is 2. The van der Waals surface area contributed by atoms with Crippen molar-refractivity contribution in [1.82, 2.24) is 4.57 Å². The van der Waals surface area contributed by atoms with E-state index >= 15 is 0 Å². The van der Waals surface area contributed by atoms with Gasteiger partial charge in [0, 0.05) is 29.1 Å². The maximum absolute atomic E-state index is 12.1. The van der Waals surface area contributed by atoms with Crippen LogP contribution in [0.15, 0.2) is 64.6 Å². The zero-order chi connectivity index (χ0) is 29.6. The number of nitrogens with two attached hydrogens (primary N) is 1. The van der Waals surface area contributed by atoms with Crippen molar-refractivity contribution < 1.29 is 29.2 Å². The van der Waals surface area contributed by atoms with Gasteiger partial charge in [-0.25, -0.2) is 5.43 Å². The molecule has 0 saturated heterocycles. The van der Waals surface area contributed by atoms with Crippen LogP contribution in [0.4, 0.5) is 0 Å². The summed E-state index contributed by atoms with van der Waals surface area (Å²) in [5, 5.41) is 15.9. The number of quaternary nitrogens is 1. The lowest BCUT2D eigenvalue weighted by molar-refractivity contribution is -0.669. The van der Waals surface area contributed by atoms with Crippen LogP contribution in [-0.2, 0) is 14.3 Å². The molecule has 1 aromatic carbocycles. The lowest BCUT2D eigenvalue weighted by atomic mass is 9.91. The molecule has 1 aromatic heterocycles. The van der Waals surface area contributed by atoms with Gasteiger partial charge < -0.3 is 23.5 Å². The topological polar surface area (TPSA) is 124 Å². The number of rotatable bonds is 10. The van der Waals surface area contributed by atoms with Gasteiger partial charge in [-0.15, -0.1) is 11.6 Å². The van der Waals surface area contributed by atoms with Crippen molar-refractivity contribution in [1.29, 1.82) is 5.41 Å². The molecular weight excluding hydrogens is 566 g/mol. The number of alkyl halides is 1. The number of allylic oxidation sites excluding steroid dienone is 3. The Bertz CT molecular complexity index is 1350. The summed E-state index contributed by atoms with van der Waals surface area (Å²) in [5.41, 5.74) is 5.66. The lowest BCUT2D eigenvalue weighted by Gasteiger charge is -2.28. The number of thioether (sulfide) groups is 1. The number of amidine groups is 1. The molecule has 0 radical (unpaired) electrons. The molecule has 3 atom stereocenters. The van der Waals surface area contributed by atoms with Gasteiger partial charge in [0.1, 0.15) is 23.5 Å². The highest BCUT2D eigenvalue weighted by Crippen LogP contribution is 2.48. The van der Waals surface area contributed by atoms with Crippen LogP contribution >= 0.6 is 23.4 Å². The number of methoxy groups -OCH3 is 2. The molecule has 220 valence electrons. The summed E-state index contributed by atoms with van der Waals surface area (Å²) in [4.78, 5) is 12.1. The molecule has 0 amide bonds. The van der Waals surface area contributed by atoms with Gasteiger partial charge in [0.2, 0.25) is 5.17 Å². The largest absolute Gasteiger partial charge is 0.493 e. The second-order valence-electron chi connectivity index (χ2n) is 9.99. The van der Waals surface area contributed by atoms with E-state index in [1.165, 1.54) is 0 Å². The number of esters is 1. The maximum Gasteiger partial charge on any atom is 0.322 e. The van der Waals surface area contributed by atoms with Crippen LogP contribution < -0.4 is 14.9 Å². The highest BCUT2D eigenvalue weighted by atomic mass is 35.5. The fraction of sp³-hybridized carbons (Fsp3) is 0.448. The summed E-state index contributed by atoms with van der Waals surface area (Å²) >= 11 is 7.62. The molecule has 10 nitrogen and oxygen atoms in total. The number of fused-ring (bicyclic) bond motifs is 2. The van der Waals surface area contributed by atoms with E-state index in [0.29, 0.717) is 30.9 Å². The third-order valence-electron chi connectivity index (χ3n) is 6.82. The number of benzene rings is 1. The number of hydrogen-bond acceptors (Lipinski definition) is 8. The van der Waals surface area contributed by atoms with Crippen molar-refractivity contribution in [2.45, 2.75) is 55.9 Å². The molecule has 0 spiro atoms. The van der Waals surface area contributed by atoms with Crippen LogP contribution in [-0.4, -0.2) is 53.2 Å². The SMILES string of the molecule is CCOC(=O)C(C)(C)SC(=N)/N=N\[NH2+]CCC1O[C@H](c2cccc(OC)c2OC)C2=C(C=CC(Cl)C2)n2cccc21. The number of nitrogens with one attached hydrogen (secondary N) is 1. The Morgan fingerprint density at radius 2 is 2.07 bits per heavy atom. The summed E-state index contributed by atoms with van der Waals surface area (Å²) < 4.78 is 24.6. The number of aromatic nitrogens is 1. The first-order valence-corrected chi connectivity index (χ1v) is 14.7. The van der Waals surface area contributed by atoms with Crippen LogP contribution in [0.5, 0.6) is 11.5 Å². The molecule has 2 aromatic rings. The van der Waals surface area contributed by atoms with E-state index in [2.05, 4.69) is 27.0 Å². The monoisotopic (exact) mass is 602 g/mol. The number of para-hydroxylation sites is 1. The van der Waals surface area contributed by atoms with Crippen molar-refractivity contribution in [3.05, 3.63) is 65.5 Å². The Hall–Kier alpha value is -3.12.